The Morgan fingerprint density at radius 3 is 3.00 bits per heavy atom. The van der Waals surface area contributed by atoms with E-state index in [4.69, 9.17) is 34.3 Å². The number of hydrogen-bond acceptors (Lipinski definition) is 3. The van der Waals surface area contributed by atoms with E-state index < -0.39 is 0 Å². The van der Waals surface area contributed by atoms with Crippen molar-refractivity contribution in [3.63, 3.8) is 0 Å². The molecule has 0 radical (unpaired) electrons. The maximum Gasteiger partial charge on any atom is 0.165 e. The van der Waals surface area contributed by atoms with Gasteiger partial charge >= 0.3 is 0 Å². The Kier molecular flexibility index (Phi) is 4.39. The molecular formula is C13H14ClN3OS. The van der Waals surface area contributed by atoms with Gasteiger partial charge in [0.25, 0.3) is 0 Å². The quantitative estimate of drug-likeness (QED) is 0.859. The van der Waals surface area contributed by atoms with E-state index in [9.17, 15) is 0 Å². The number of rotatable bonds is 5. The van der Waals surface area contributed by atoms with Crippen molar-refractivity contribution in [2.45, 2.75) is 19.9 Å². The average molecular weight is 296 g/mol. The van der Waals surface area contributed by atoms with E-state index in [1.54, 1.807) is 24.4 Å². The van der Waals surface area contributed by atoms with Gasteiger partial charge in [0.15, 0.2) is 5.75 Å². The van der Waals surface area contributed by atoms with Gasteiger partial charge in [-0.05, 0) is 18.6 Å². The molecule has 0 amide bonds. The number of halogens is 1. The third-order valence-electron chi connectivity index (χ3n) is 2.51. The van der Waals surface area contributed by atoms with Crippen LogP contribution in [0.4, 0.5) is 0 Å². The highest BCUT2D eigenvalue weighted by Crippen LogP contribution is 2.30. The summed E-state index contributed by atoms with van der Waals surface area (Å²) in [4.78, 5) is 0.210. The van der Waals surface area contributed by atoms with Crippen LogP contribution >= 0.6 is 23.8 Å². The first-order chi connectivity index (χ1) is 9.11. The molecule has 2 aromatic rings. The zero-order valence-electron chi connectivity index (χ0n) is 10.5. The number of ether oxygens (including phenoxy) is 1. The Morgan fingerprint density at radius 2 is 2.32 bits per heavy atom. The first kappa shape index (κ1) is 13.8. The molecule has 1 aromatic heterocycles. The maximum absolute atomic E-state index is 6.08. The third-order valence-corrected chi connectivity index (χ3v) is 3.03. The van der Waals surface area contributed by atoms with Crippen molar-refractivity contribution in [2.75, 3.05) is 0 Å². The molecule has 100 valence electrons. The first-order valence-corrected chi connectivity index (χ1v) is 6.69. The molecule has 0 saturated carbocycles. The number of aromatic nitrogens is 2. The summed E-state index contributed by atoms with van der Waals surface area (Å²) in [7, 11) is 0. The molecule has 0 saturated heterocycles. The predicted molar refractivity (Wildman–Crippen MR) is 79.9 cm³/mol. The van der Waals surface area contributed by atoms with Crippen molar-refractivity contribution in [3.8, 4) is 11.5 Å². The van der Waals surface area contributed by atoms with E-state index in [0.717, 1.165) is 13.0 Å². The van der Waals surface area contributed by atoms with E-state index in [1.165, 1.54) is 0 Å². The number of benzene rings is 1. The molecule has 0 aliphatic rings. The van der Waals surface area contributed by atoms with Crippen LogP contribution in [-0.2, 0) is 6.54 Å². The standard InChI is InChI=1S/C13H14ClN3OS/c1-2-6-17-8-9(7-16-17)18-11-5-3-4-10(14)12(11)13(15)19/h3-5,7-8H,2,6H2,1H3,(H2,15,19). The van der Waals surface area contributed by atoms with Crippen molar-refractivity contribution >= 4 is 28.8 Å². The Bertz CT molecular complexity index is 597. The second-order valence-electron chi connectivity index (χ2n) is 4.02. The molecule has 1 heterocycles. The van der Waals surface area contributed by atoms with Crippen molar-refractivity contribution in [1.82, 2.24) is 9.78 Å². The highest BCUT2D eigenvalue weighted by Gasteiger charge is 2.12. The van der Waals surface area contributed by atoms with Gasteiger partial charge in [0, 0.05) is 6.54 Å². The SMILES string of the molecule is CCCn1cc(Oc2cccc(Cl)c2C(N)=S)cn1. The topological polar surface area (TPSA) is 53.1 Å². The number of nitrogens with two attached hydrogens (primary N) is 1. The van der Waals surface area contributed by atoms with E-state index in [1.807, 2.05) is 10.9 Å². The summed E-state index contributed by atoms with van der Waals surface area (Å²) < 4.78 is 7.56. The molecule has 0 spiro atoms. The van der Waals surface area contributed by atoms with Crippen LogP contribution in [0.15, 0.2) is 30.6 Å². The Labute approximate surface area is 122 Å². The molecule has 2 N–H and O–H groups in total. The zero-order chi connectivity index (χ0) is 13.8. The number of nitrogens with zero attached hydrogens (tertiary/aromatic N) is 2. The van der Waals surface area contributed by atoms with Crippen molar-refractivity contribution < 1.29 is 4.74 Å². The molecule has 19 heavy (non-hydrogen) atoms. The van der Waals surface area contributed by atoms with Crippen molar-refractivity contribution in [3.05, 3.63) is 41.2 Å². The van der Waals surface area contributed by atoms with Gasteiger partial charge in [0.05, 0.1) is 23.0 Å². The molecule has 6 heteroatoms. The van der Waals surface area contributed by atoms with Gasteiger partial charge in [-0.1, -0.05) is 36.8 Å². The van der Waals surface area contributed by atoms with E-state index in [2.05, 4.69) is 12.0 Å². The van der Waals surface area contributed by atoms with E-state index in [-0.39, 0.29) is 4.99 Å². The van der Waals surface area contributed by atoms with Gasteiger partial charge in [-0.3, -0.25) is 4.68 Å². The number of hydrogen-bond donors (Lipinski definition) is 1. The highest BCUT2D eigenvalue weighted by atomic mass is 35.5. The van der Waals surface area contributed by atoms with Crippen LogP contribution in [0.25, 0.3) is 0 Å². The van der Waals surface area contributed by atoms with Gasteiger partial charge in [0.1, 0.15) is 10.7 Å². The lowest BCUT2D eigenvalue weighted by atomic mass is 10.2. The largest absolute Gasteiger partial charge is 0.453 e. The molecular weight excluding hydrogens is 282 g/mol. The minimum atomic E-state index is 0.210. The third kappa shape index (κ3) is 3.24. The molecule has 2 rings (SSSR count). The van der Waals surface area contributed by atoms with Crippen LogP contribution in [0.1, 0.15) is 18.9 Å². The van der Waals surface area contributed by atoms with Crippen LogP contribution in [0.5, 0.6) is 11.5 Å². The highest BCUT2D eigenvalue weighted by molar-refractivity contribution is 7.80. The minimum Gasteiger partial charge on any atom is -0.453 e. The summed E-state index contributed by atoms with van der Waals surface area (Å²) in [5, 5.41) is 4.67. The summed E-state index contributed by atoms with van der Waals surface area (Å²) >= 11 is 11.1. The number of aryl methyl sites for hydroxylation is 1. The molecule has 0 unspecified atom stereocenters. The summed E-state index contributed by atoms with van der Waals surface area (Å²) in [5.74, 6) is 1.17. The monoisotopic (exact) mass is 295 g/mol. The summed E-state index contributed by atoms with van der Waals surface area (Å²) in [5.41, 5.74) is 6.21. The van der Waals surface area contributed by atoms with Crippen LogP contribution in [0, 0.1) is 0 Å². The fourth-order valence-electron chi connectivity index (χ4n) is 1.70. The number of thiocarbonyl (C=S) groups is 1. The van der Waals surface area contributed by atoms with Gasteiger partial charge in [-0.25, -0.2) is 0 Å². The summed E-state index contributed by atoms with van der Waals surface area (Å²) in [6, 6.07) is 5.29. The van der Waals surface area contributed by atoms with Crippen LogP contribution < -0.4 is 10.5 Å². The maximum atomic E-state index is 6.08. The van der Waals surface area contributed by atoms with Gasteiger partial charge in [0.2, 0.25) is 0 Å². The van der Waals surface area contributed by atoms with Crippen molar-refractivity contribution in [1.29, 1.82) is 0 Å². The second kappa shape index (κ2) is 6.04. The Balaban J connectivity index is 2.27. The lowest BCUT2D eigenvalue weighted by Crippen LogP contribution is -2.11. The van der Waals surface area contributed by atoms with Gasteiger partial charge < -0.3 is 10.5 Å². The lowest BCUT2D eigenvalue weighted by Gasteiger charge is -2.09. The minimum absolute atomic E-state index is 0.210. The lowest BCUT2D eigenvalue weighted by molar-refractivity contribution is 0.479. The van der Waals surface area contributed by atoms with E-state index >= 15 is 0 Å². The second-order valence-corrected chi connectivity index (χ2v) is 4.87. The molecule has 4 nitrogen and oxygen atoms in total. The van der Waals surface area contributed by atoms with Crippen LogP contribution in [0.3, 0.4) is 0 Å². The molecule has 1 aromatic carbocycles. The Morgan fingerprint density at radius 1 is 1.53 bits per heavy atom. The molecule has 0 atom stereocenters. The normalized spacial score (nSPS) is 10.4. The van der Waals surface area contributed by atoms with Gasteiger partial charge in [-0.2, -0.15) is 5.10 Å². The fourth-order valence-corrected chi connectivity index (χ4v) is 2.24. The summed E-state index contributed by atoms with van der Waals surface area (Å²) in [6.07, 6.45) is 4.49. The summed E-state index contributed by atoms with van der Waals surface area (Å²) in [6.45, 7) is 2.94. The van der Waals surface area contributed by atoms with Crippen LogP contribution in [-0.4, -0.2) is 14.8 Å². The smallest absolute Gasteiger partial charge is 0.165 e. The molecule has 0 aliphatic heterocycles. The zero-order valence-corrected chi connectivity index (χ0v) is 12.0. The fraction of sp³-hybridized carbons (Fsp3) is 0.231. The predicted octanol–water partition coefficient (Wildman–Crippen LogP) is 3.37. The first-order valence-electron chi connectivity index (χ1n) is 5.90. The Hall–Kier alpha value is -1.59. The molecule has 0 aliphatic carbocycles. The van der Waals surface area contributed by atoms with E-state index in [0.29, 0.717) is 22.1 Å². The van der Waals surface area contributed by atoms with Gasteiger partial charge in [-0.15, -0.1) is 0 Å². The molecule has 0 bridgehead atoms. The molecule has 0 fully saturated rings. The average Bonchev–Trinajstić information content (AvgIpc) is 2.76. The van der Waals surface area contributed by atoms with Crippen molar-refractivity contribution in [2.24, 2.45) is 5.73 Å². The van der Waals surface area contributed by atoms with Crippen LogP contribution in [0.2, 0.25) is 5.02 Å².